The zero-order valence-corrected chi connectivity index (χ0v) is 15.4. The number of carbonyl (C=O) groups excluding carboxylic acids is 1. The fraction of sp³-hybridized carbons (Fsp3) is 0.235. The lowest BCUT2D eigenvalue weighted by Crippen LogP contribution is -2.27. The third-order valence-corrected chi connectivity index (χ3v) is 4.84. The first kappa shape index (κ1) is 22.7. The average molecular weight is 440 g/mol. The van der Waals surface area contributed by atoms with Crippen LogP contribution in [0.25, 0.3) is 0 Å². The van der Waals surface area contributed by atoms with E-state index in [-0.39, 0.29) is 11.0 Å². The Morgan fingerprint density at radius 1 is 0.931 bits per heavy atom. The molecule has 5 nitrogen and oxygen atoms in total. The standard InChI is InChI=1S/C17H14F6N2O3S/c1-9(10-2-4-14(5-3-10)29(24,27)28)25-15(26)11-6-12(16(18,19)20)8-13(7-11)17(21,22)23/h2-9H,1H3,(H,25,26)(H2,24,27,28). The zero-order valence-electron chi connectivity index (χ0n) is 14.6. The SMILES string of the molecule is CC(NC(=O)c1cc(C(F)(F)F)cc(C(F)(F)F)c1)c1ccc(S(N)(=O)=O)cc1. The van der Waals surface area contributed by atoms with E-state index in [1.807, 2.05) is 0 Å². The van der Waals surface area contributed by atoms with Gasteiger partial charge in [0.05, 0.1) is 22.1 Å². The van der Waals surface area contributed by atoms with Crippen molar-refractivity contribution in [1.82, 2.24) is 5.32 Å². The van der Waals surface area contributed by atoms with Gasteiger partial charge in [-0.2, -0.15) is 26.3 Å². The minimum Gasteiger partial charge on any atom is -0.346 e. The number of rotatable bonds is 4. The van der Waals surface area contributed by atoms with E-state index in [2.05, 4.69) is 5.32 Å². The third kappa shape index (κ3) is 5.70. The van der Waals surface area contributed by atoms with E-state index < -0.39 is 51.0 Å². The van der Waals surface area contributed by atoms with Gasteiger partial charge < -0.3 is 5.32 Å². The maximum atomic E-state index is 12.9. The summed E-state index contributed by atoms with van der Waals surface area (Å²) in [5.41, 5.74) is -3.68. The molecule has 1 atom stereocenters. The van der Waals surface area contributed by atoms with E-state index >= 15 is 0 Å². The van der Waals surface area contributed by atoms with Crippen LogP contribution in [0.5, 0.6) is 0 Å². The summed E-state index contributed by atoms with van der Waals surface area (Å²) in [5, 5.41) is 7.23. The minimum atomic E-state index is -5.08. The van der Waals surface area contributed by atoms with Gasteiger partial charge in [-0.3, -0.25) is 4.79 Å². The smallest absolute Gasteiger partial charge is 0.346 e. The van der Waals surface area contributed by atoms with Crippen LogP contribution in [0.15, 0.2) is 47.4 Å². The van der Waals surface area contributed by atoms with Gasteiger partial charge in [-0.15, -0.1) is 0 Å². The number of halogens is 6. The molecular weight excluding hydrogens is 426 g/mol. The van der Waals surface area contributed by atoms with Crippen molar-refractivity contribution < 1.29 is 39.6 Å². The van der Waals surface area contributed by atoms with Crippen molar-refractivity contribution in [2.45, 2.75) is 30.2 Å². The normalized spacial score (nSPS) is 13.8. The number of hydrogen-bond acceptors (Lipinski definition) is 3. The highest BCUT2D eigenvalue weighted by molar-refractivity contribution is 7.89. The van der Waals surface area contributed by atoms with Gasteiger partial charge in [0.25, 0.3) is 5.91 Å². The van der Waals surface area contributed by atoms with Gasteiger partial charge in [-0.05, 0) is 42.8 Å². The lowest BCUT2D eigenvalue weighted by Gasteiger charge is -2.17. The molecule has 0 spiro atoms. The van der Waals surface area contributed by atoms with Crippen molar-refractivity contribution in [1.29, 1.82) is 0 Å². The van der Waals surface area contributed by atoms with Gasteiger partial charge in [-0.1, -0.05) is 12.1 Å². The molecule has 0 aliphatic carbocycles. The minimum absolute atomic E-state index is 0.0772. The van der Waals surface area contributed by atoms with E-state index in [0.717, 1.165) is 12.1 Å². The maximum absolute atomic E-state index is 12.9. The molecule has 0 radical (unpaired) electrons. The molecule has 12 heteroatoms. The molecule has 3 N–H and O–H groups in total. The summed E-state index contributed by atoms with van der Waals surface area (Å²) in [5.74, 6) is -1.16. The lowest BCUT2D eigenvalue weighted by molar-refractivity contribution is -0.143. The average Bonchev–Trinajstić information content (AvgIpc) is 2.59. The molecule has 0 saturated heterocycles. The number of nitrogens with two attached hydrogens (primary N) is 1. The second-order valence-corrected chi connectivity index (χ2v) is 7.67. The summed E-state index contributed by atoms with van der Waals surface area (Å²) < 4.78 is 99.9. The van der Waals surface area contributed by atoms with Gasteiger partial charge in [0.15, 0.2) is 0 Å². The Kier molecular flexibility index (Phi) is 6.00. The second-order valence-electron chi connectivity index (χ2n) is 6.10. The monoisotopic (exact) mass is 440 g/mol. The Morgan fingerprint density at radius 3 is 1.76 bits per heavy atom. The molecule has 2 rings (SSSR count). The first-order chi connectivity index (χ1) is 13.1. The number of carbonyl (C=O) groups is 1. The fourth-order valence-corrected chi connectivity index (χ4v) is 2.91. The van der Waals surface area contributed by atoms with Crippen LogP contribution in [-0.2, 0) is 22.4 Å². The van der Waals surface area contributed by atoms with Crippen molar-refractivity contribution in [3.8, 4) is 0 Å². The summed E-state index contributed by atoms with van der Waals surface area (Å²) >= 11 is 0. The first-order valence-corrected chi connectivity index (χ1v) is 9.37. The highest BCUT2D eigenvalue weighted by atomic mass is 32.2. The molecule has 2 aromatic rings. The topological polar surface area (TPSA) is 89.3 Å². The van der Waals surface area contributed by atoms with Crippen molar-refractivity contribution in [2.75, 3.05) is 0 Å². The molecule has 0 aliphatic heterocycles. The van der Waals surface area contributed by atoms with E-state index in [1.54, 1.807) is 0 Å². The molecule has 0 fully saturated rings. The Hall–Kier alpha value is -2.60. The van der Waals surface area contributed by atoms with Crippen LogP contribution in [0.1, 0.15) is 40.0 Å². The molecule has 0 aliphatic rings. The lowest BCUT2D eigenvalue weighted by atomic mass is 10.0. The van der Waals surface area contributed by atoms with Gasteiger partial charge >= 0.3 is 12.4 Å². The highest BCUT2D eigenvalue weighted by Gasteiger charge is 2.37. The quantitative estimate of drug-likeness (QED) is 0.708. The van der Waals surface area contributed by atoms with Gasteiger partial charge in [0.2, 0.25) is 10.0 Å². The van der Waals surface area contributed by atoms with Crippen LogP contribution >= 0.6 is 0 Å². The third-order valence-electron chi connectivity index (χ3n) is 3.91. The molecule has 0 aromatic heterocycles. The Balaban J connectivity index is 2.32. The summed E-state index contributed by atoms with van der Waals surface area (Å²) in [6.07, 6.45) is -10.2. The highest BCUT2D eigenvalue weighted by Crippen LogP contribution is 2.36. The van der Waals surface area contributed by atoms with Gasteiger partial charge in [0.1, 0.15) is 0 Å². The predicted molar refractivity (Wildman–Crippen MR) is 90.1 cm³/mol. The molecule has 0 saturated carbocycles. The first-order valence-electron chi connectivity index (χ1n) is 7.82. The van der Waals surface area contributed by atoms with Crippen LogP contribution < -0.4 is 10.5 Å². The molecule has 0 heterocycles. The summed E-state index contributed by atoms with van der Waals surface area (Å²) in [4.78, 5) is 12.0. The van der Waals surface area contributed by atoms with Crippen molar-refractivity contribution in [3.63, 3.8) is 0 Å². The molecule has 1 amide bonds. The Bertz CT molecular complexity index is 983. The largest absolute Gasteiger partial charge is 0.416 e. The van der Waals surface area contributed by atoms with E-state index in [1.165, 1.54) is 19.1 Å². The van der Waals surface area contributed by atoms with E-state index in [9.17, 15) is 39.6 Å². The molecule has 0 bridgehead atoms. The van der Waals surface area contributed by atoms with Gasteiger partial charge in [0, 0.05) is 5.56 Å². The van der Waals surface area contributed by atoms with Crippen LogP contribution in [0.4, 0.5) is 26.3 Å². The maximum Gasteiger partial charge on any atom is 0.416 e. The Morgan fingerprint density at radius 2 is 1.38 bits per heavy atom. The van der Waals surface area contributed by atoms with E-state index in [4.69, 9.17) is 5.14 Å². The van der Waals surface area contributed by atoms with Crippen LogP contribution in [0.3, 0.4) is 0 Å². The number of sulfonamides is 1. The predicted octanol–water partition coefficient (Wildman–Crippen LogP) is 3.86. The summed E-state index contributed by atoms with van der Waals surface area (Å²) in [6.45, 7) is 1.42. The second kappa shape index (κ2) is 7.67. The van der Waals surface area contributed by atoms with Crippen LogP contribution in [0.2, 0.25) is 0 Å². The number of amides is 1. The van der Waals surface area contributed by atoms with Crippen LogP contribution in [-0.4, -0.2) is 14.3 Å². The van der Waals surface area contributed by atoms with Crippen molar-refractivity contribution >= 4 is 15.9 Å². The molecule has 29 heavy (non-hydrogen) atoms. The van der Waals surface area contributed by atoms with Crippen molar-refractivity contribution in [2.24, 2.45) is 5.14 Å². The van der Waals surface area contributed by atoms with Gasteiger partial charge in [-0.25, -0.2) is 13.6 Å². The van der Waals surface area contributed by atoms with E-state index in [0.29, 0.717) is 17.7 Å². The Labute approximate surface area is 161 Å². The van der Waals surface area contributed by atoms with Crippen molar-refractivity contribution in [3.05, 3.63) is 64.7 Å². The number of hydrogen-bond donors (Lipinski definition) is 2. The summed E-state index contributed by atoms with van der Waals surface area (Å²) in [7, 11) is -3.95. The molecule has 158 valence electrons. The van der Waals surface area contributed by atoms with Crippen LogP contribution in [0, 0.1) is 0 Å². The number of alkyl halides is 6. The number of nitrogens with one attached hydrogen (secondary N) is 1. The number of primary sulfonamides is 1. The number of benzene rings is 2. The zero-order chi connectivity index (χ0) is 22.2. The molecule has 2 aromatic carbocycles. The molecular formula is C17H14F6N2O3S. The molecule has 1 unspecified atom stereocenters. The fourth-order valence-electron chi connectivity index (χ4n) is 2.40. The summed E-state index contributed by atoms with van der Waals surface area (Å²) in [6, 6.07) is 4.63.